The van der Waals surface area contributed by atoms with Crippen molar-refractivity contribution in [2.45, 2.75) is 276 Å². The Morgan fingerprint density at radius 2 is 0.677 bits per heavy atom. The molecule has 0 bridgehead atoms. The maximum Gasteiger partial charge on any atom is 1.00 e. The van der Waals surface area contributed by atoms with E-state index in [4.69, 9.17) is 9.47 Å². The first-order valence-electron chi connectivity index (χ1n) is 27.0. The van der Waals surface area contributed by atoms with Crippen LogP contribution in [0.25, 0.3) is 0 Å². The summed E-state index contributed by atoms with van der Waals surface area (Å²) in [5.41, 5.74) is -0.332. The Morgan fingerprint density at radius 3 is 0.969 bits per heavy atom. The smallest absolute Gasteiger partial charge is 0.744 e. The second-order valence-corrected chi connectivity index (χ2v) is 19.9. The zero-order chi connectivity index (χ0) is 46.4. The number of hydrogen-bond donors (Lipinski definition) is 0. The van der Waals surface area contributed by atoms with E-state index < -0.39 is 27.0 Å². The summed E-state index contributed by atoms with van der Waals surface area (Å²) in [5, 5.41) is 0. The topological polar surface area (TPSA) is 110 Å². The molecular weight excluding hydrogens is 856 g/mol. The third-order valence-corrected chi connectivity index (χ3v) is 13.3. The second kappa shape index (κ2) is 48.2. The molecule has 370 valence electrons. The molecule has 7 nitrogen and oxygen atoms in total. The molecule has 9 heteroatoms. The fraction of sp³-hybridized carbons (Fsp3) is 0.786. The molecule has 0 N–H and O–H groups in total. The summed E-state index contributed by atoms with van der Waals surface area (Å²) in [6.07, 6.45) is 59.4. The molecule has 0 spiro atoms. The Labute approximate surface area is 443 Å². The van der Waals surface area contributed by atoms with E-state index in [0.29, 0.717) is 12.8 Å². The molecule has 0 saturated heterocycles. The van der Waals surface area contributed by atoms with Gasteiger partial charge in [-0.1, -0.05) is 231 Å². The summed E-state index contributed by atoms with van der Waals surface area (Å²) < 4.78 is 46.0. The molecule has 0 saturated carbocycles. The maximum atomic E-state index is 13.0. The molecule has 1 aromatic rings. The van der Waals surface area contributed by atoms with Crippen LogP contribution in [-0.2, 0) is 19.6 Å². The molecule has 0 aromatic heterocycles. The van der Waals surface area contributed by atoms with E-state index in [9.17, 15) is 22.6 Å². The van der Waals surface area contributed by atoms with Crippen molar-refractivity contribution in [3.05, 3.63) is 53.6 Å². The number of carbonyl (C=O) groups is 2. The molecule has 0 aliphatic carbocycles. The standard InChI is InChI=1S/C56H98O7S.K/c1-3-5-7-9-11-13-15-17-19-21-23-25-27-29-31-33-35-37-39-41-43-45-49-62-55(57)53-48-47-52(64(59,60)61)51-54(53)56(58)63-50-46-44-42-40-38-36-34-32-30-28-26-24-22-20-18-16-14-12-10-8-6-4-2;/h19-22,47-48,51H,3-18,23-46,49-50H2,1-2H3,(H,59,60,61);/q;+1/p-1/b21-19+,22-20+;. The summed E-state index contributed by atoms with van der Waals surface area (Å²) in [6, 6.07) is 3.16. The van der Waals surface area contributed by atoms with Gasteiger partial charge in [0, 0.05) is 0 Å². The minimum Gasteiger partial charge on any atom is -0.744 e. The molecule has 1 aromatic carbocycles. The average Bonchev–Trinajstić information content (AvgIpc) is 3.28. The van der Waals surface area contributed by atoms with Gasteiger partial charge >= 0.3 is 63.3 Å². The SMILES string of the molecule is CCCCCCCCC/C=C/CCCCCCCCCCCCCOC(=O)c1ccc(S(=O)(=O)[O-])cc1C(=O)OCCCCCCCCCCCCC/C=C/CCCCCCCCC.[K+]. The number of benzene rings is 1. The van der Waals surface area contributed by atoms with Crippen LogP contribution in [0.4, 0.5) is 0 Å². The molecule has 0 amide bonds. The first-order valence-corrected chi connectivity index (χ1v) is 28.5. The van der Waals surface area contributed by atoms with Crippen molar-refractivity contribution in [2.75, 3.05) is 13.2 Å². The Morgan fingerprint density at radius 1 is 0.415 bits per heavy atom. The van der Waals surface area contributed by atoms with Gasteiger partial charge in [-0.25, -0.2) is 18.0 Å². The van der Waals surface area contributed by atoms with E-state index in [1.54, 1.807) is 0 Å². The zero-order valence-corrected chi connectivity index (χ0v) is 46.4. The van der Waals surface area contributed by atoms with Gasteiger partial charge in [-0.05, 0) is 82.4 Å². The van der Waals surface area contributed by atoms with Gasteiger partial charge in [0.05, 0.1) is 29.2 Å². The van der Waals surface area contributed by atoms with Crippen LogP contribution in [0, 0.1) is 0 Å². The number of esters is 2. The van der Waals surface area contributed by atoms with Crippen LogP contribution in [0.2, 0.25) is 0 Å². The van der Waals surface area contributed by atoms with E-state index in [0.717, 1.165) is 50.7 Å². The van der Waals surface area contributed by atoms with Crippen molar-refractivity contribution >= 4 is 22.1 Å². The van der Waals surface area contributed by atoms with Gasteiger partial charge in [0.25, 0.3) is 0 Å². The molecular formula is C56H97KO7S. The van der Waals surface area contributed by atoms with Crippen molar-refractivity contribution in [1.82, 2.24) is 0 Å². The third kappa shape index (κ3) is 40.8. The van der Waals surface area contributed by atoms with E-state index >= 15 is 0 Å². The molecule has 65 heavy (non-hydrogen) atoms. The predicted molar refractivity (Wildman–Crippen MR) is 269 cm³/mol. The van der Waals surface area contributed by atoms with Crippen molar-refractivity contribution < 1.29 is 83.4 Å². The van der Waals surface area contributed by atoms with E-state index in [1.807, 2.05) is 0 Å². The second-order valence-electron chi connectivity index (χ2n) is 18.6. The summed E-state index contributed by atoms with van der Waals surface area (Å²) in [7, 11) is -4.82. The first kappa shape index (κ1) is 64.2. The molecule has 1 rings (SSSR count). The fourth-order valence-corrected chi connectivity index (χ4v) is 8.83. The number of unbranched alkanes of at least 4 members (excludes halogenated alkanes) is 36. The number of ether oxygens (including phenoxy) is 2. The summed E-state index contributed by atoms with van der Waals surface area (Å²) in [5.74, 6) is -1.54. The van der Waals surface area contributed by atoms with Crippen LogP contribution in [-0.4, -0.2) is 38.1 Å². The minimum atomic E-state index is -4.82. The largest absolute Gasteiger partial charge is 1.00 e. The molecule has 0 aliphatic rings. The monoisotopic (exact) mass is 953 g/mol. The molecule has 0 heterocycles. The predicted octanol–water partition coefficient (Wildman–Crippen LogP) is 14.7. The number of carbonyl (C=O) groups excluding carboxylic acids is 2. The zero-order valence-electron chi connectivity index (χ0n) is 42.5. The Kier molecular flexibility index (Phi) is 47.6. The molecule has 0 radical (unpaired) electrons. The average molecular weight is 954 g/mol. The van der Waals surface area contributed by atoms with E-state index in [-0.39, 0.29) is 75.7 Å². The Bertz CT molecular complexity index is 1410. The minimum absolute atomic E-state index is 0. The van der Waals surface area contributed by atoms with Crippen molar-refractivity contribution in [1.29, 1.82) is 0 Å². The first-order chi connectivity index (χ1) is 31.3. The van der Waals surface area contributed by atoms with Gasteiger partial charge in [0.1, 0.15) is 10.1 Å². The Balaban J connectivity index is 0.0000410. The van der Waals surface area contributed by atoms with Gasteiger partial charge in [-0.2, -0.15) is 0 Å². The number of hydrogen-bond acceptors (Lipinski definition) is 7. The molecule has 0 aliphatic heterocycles. The molecule has 0 fully saturated rings. The van der Waals surface area contributed by atoms with Gasteiger partial charge in [0.2, 0.25) is 0 Å². The van der Waals surface area contributed by atoms with Gasteiger partial charge in [0.15, 0.2) is 0 Å². The van der Waals surface area contributed by atoms with Crippen molar-refractivity contribution in [2.24, 2.45) is 0 Å². The van der Waals surface area contributed by atoms with Crippen molar-refractivity contribution in [3.63, 3.8) is 0 Å². The maximum absolute atomic E-state index is 13.0. The van der Waals surface area contributed by atoms with Crippen LogP contribution >= 0.6 is 0 Å². The normalized spacial score (nSPS) is 11.7. The van der Waals surface area contributed by atoms with Gasteiger partial charge < -0.3 is 14.0 Å². The van der Waals surface area contributed by atoms with Crippen LogP contribution < -0.4 is 51.4 Å². The number of allylic oxidation sites excluding steroid dienone is 4. The van der Waals surface area contributed by atoms with E-state index in [1.165, 1.54) is 212 Å². The molecule has 0 unspecified atom stereocenters. The van der Waals surface area contributed by atoms with Crippen LogP contribution in [0.15, 0.2) is 47.4 Å². The summed E-state index contributed by atoms with van der Waals surface area (Å²) in [4.78, 5) is 25.4. The third-order valence-electron chi connectivity index (χ3n) is 12.5. The Hall–Kier alpha value is -0.814. The van der Waals surface area contributed by atoms with Crippen LogP contribution in [0.3, 0.4) is 0 Å². The van der Waals surface area contributed by atoms with E-state index in [2.05, 4.69) is 38.2 Å². The molecule has 0 atom stereocenters. The van der Waals surface area contributed by atoms with Crippen LogP contribution in [0.5, 0.6) is 0 Å². The van der Waals surface area contributed by atoms with Crippen LogP contribution in [0.1, 0.15) is 291 Å². The fourth-order valence-electron chi connectivity index (χ4n) is 8.33. The van der Waals surface area contributed by atoms with Gasteiger partial charge in [-0.3, -0.25) is 0 Å². The summed E-state index contributed by atoms with van der Waals surface area (Å²) >= 11 is 0. The summed E-state index contributed by atoms with van der Waals surface area (Å²) in [6.45, 7) is 4.91. The quantitative estimate of drug-likeness (QED) is 0.0210. The number of rotatable bonds is 47. The van der Waals surface area contributed by atoms with Gasteiger partial charge in [-0.15, -0.1) is 0 Å². The van der Waals surface area contributed by atoms with Crippen molar-refractivity contribution in [3.8, 4) is 0 Å².